The van der Waals surface area contributed by atoms with E-state index in [4.69, 9.17) is 4.18 Å². The van der Waals surface area contributed by atoms with Gasteiger partial charge in [-0.1, -0.05) is 0 Å². The monoisotopic (exact) mass is 272 g/mol. The Morgan fingerprint density at radius 1 is 1.33 bits per heavy atom. The minimum Gasteiger partial charge on any atom is -0.314 e. The number of non-ortho nitro benzene ring substituents is 1. The van der Waals surface area contributed by atoms with Crippen molar-refractivity contribution in [2.75, 3.05) is 13.1 Å². The first-order valence-electron chi connectivity index (χ1n) is 5.37. The molecule has 18 heavy (non-hydrogen) atoms. The third-order valence-electron chi connectivity index (χ3n) is 2.61. The molecule has 0 aromatic heterocycles. The SMILES string of the molecule is O=[N+]([O-])c1ccc(S(=O)(=O)OC2CCNC2)cc1. The fourth-order valence-corrected chi connectivity index (χ4v) is 2.78. The minimum atomic E-state index is -3.85. The number of nitrogens with one attached hydrogen (secondary N) is 1. The molecule has 0 amide bonds. The van der Waals surface area contributed by atoms with E-state index in [9.17, 15) is 18.5 Å². The minimum absolute atomic E-state index is 0.0694. The van der Waals surface area contributed by atoms with Gasteiger partial charge in [-0.15, -0.1) is 0 Å². The lowest BCUT2D eigenvalue weighted by Crippen LogP contribution is -2.21. The van der Waals surface area contributed by atoms with Crippen molar-refractivity contribution in [2.24, 2.45) is 0 Å². The van der Waals surface area contributed by atoms with Gasteiger partial charge in [-0.3, -0.25) is 14.3 Å². The summed E-state index contributed by atoms with van der Waals surface area (Å²) in [6.07, 6.45) is 0.261. The van der Waals surface area contributed by atoms with Crippen molar-refractivity contribution in [1.82, 2.24) is 5.32 Å². The standard InChI is InChI=1S/C10H12N2O5S/c13-12(14)8-1-3-10(4-2-8)18(15,16)17-9-5-6-11-7-9/h1-4,9,11H,5-7H2. The maximum atomic E-state index is 11.8. The molecule has 1 N–H and O–H groups in total. The molecule has 98 valence electrons. The molecular formula is C10H12N2O5S. The molecule has 2 rings (SSSR count). The van der Waals surface area contributed by atoms with Crippen molar-refractivity contribution in [2.45, 2.75) is 17.4 Å². The van der Waals surface area contributed by atoms with Gasteiger partial charge in [0.05, 0.1) is 15.9 Å². The molecule has 1 unspecified atom stereocenters. The molecule has 1 aliphatic rings. The van der Waals surface area contributed by atoms with Crippen LogP contribution in [0.5, 0.6) is 0 Å². The molecule has 0 radical (unpaired) electrons. The average Bonchev–Trinajstić information content (AvgIpc) is 2.81. The summed E-state index contributed by atoms with van der Waals surface area (Å²) >= 11 is 0. The lowest BCUT2D eigenvalue weighted by molar-refractivity contribution is -0.384. The zero-order valence-corrected chi connectivity index (χ0v) is 10.2. The Morgan fingerprint density at radius 2 is 2.00 bits per heavy atom. The average molecular weight is 272 g/mol. The Bertz CT molecular complexity index is 534. The molecule has 1 aromatic rings. The molecule has 1 aromatic carbocycles. The van der Waals surface area contributed by atoms with Gasteiger partial charge < -0.3 is 5.32 Å². The molecule has 1 fully saturated rings. The molecule has 0 bridgehead atoms. The predicted molar refractivity (Wildman–Crippen MR) is 62.6 cm³/mol. The van der Waals surface area contributed by atoms with Crippen LogP contribution in [0.25, 0.3) is 0 Å². The molecule has 8 heteroatoms. The van der Waals surface area contributed by atoms with Crippen molar-refractivity contribution in [3.8, 4) is 0 Å². The van der Waals surface area contributed by atoms with E-state index in [-0.39, 0.29) is 16.7 Å². The molecule has 0 spiro atoms. The van der Waals surface area contributed by atoms with Crippen LogP contribution >= 0.6 is 0 Å². The summed E-state index contributed by atoms with van der Waals surface area (Å²) in [6, 6.07) is 4.64. The second-order valence-electron chi connectivity index (χ2n) is 3.92. The quantitative estimate of drug-likeness (QED) is 0.491. The first kappa shape index (κ1) is 12.9. The maximum Gasteiger partial charge on any atom is 0.297 e. The summed E-state index contributed by atoms with van der Waals surface area (Å²) in [5.41, 5.74) is -0.156. The Hall–Kier alpha value is -1.51. The maximum absolute atomic E-state index is 11.8. The molecule has 1 saturated heterocycles. The number of benzene rings is 1. The molecule has 0 aliphatic carbocycles. The number of nitro groups is 1. The first-order valence-corrected chi connectivity index (χ1v) is 6.78. The van der Waals surface area contributed by atoms with Gasteiger partial charge >= 0.3 is 0 Å². The molecular weight excluding hydrogens is 260 g/mol. The highest BCUT2D eigenvalue weighted by molar-refractivity contribution is 7.86. The highest BCUT2D eigenvalue weighted by atomic mass is 32.2. The van der Waals surface area contributed by atoms with Crippen LogP contribution in [-0.2, 0) is 14.3 Å². The third kappa shape index (κ3) is 2.84. The van der Waals surface area contributed by atoms with Crippen LogP contribution < -0.4 is 5.32 Å². The number of rotatable bonds is 4. The Kier molecular flexibility index (Phi) is 3.60. The number of hydrogen-bond donors (Lipinski definition) is 1. The van der Waals surface area contributed by atoms with Gasteiger partial charge in [0.15, 0.2) is 0 Å². The normalized spacial score (nSPS) is 19.9. The lowest BCUT2D eigenvalue weighted by atomic mass is 10.3. The third-order valence-corrected chi connectivity index (χ3v) is 3.99. The van der Waals surface area contributed by atoms with E-state index in [1.165, 1.54) is 12.1 Å². The summed E-state index contributed by atoms with van der Waals surface area (Å²) in [5, 5.41) is 13.4. The van der Waals surface area contributed by atoms with Crippen LogP contribution in [0.4, 0.5) is 5.69 Å². The van der Waals surface area contributed by atoms with Crippen molar-refractivity contribution in [1.29, 1.82) is 0 Å². The summed E-state index contributed by atoms with van der Waals surface area (Å²) < 4.78 is 28.7. The fourth-order valence-electron chi connectivity index (χ4n) is 1.68. The van der Waals surface area contributed by atoms with Gasteiger partial charge in [-0.25, -0.2) is 0 Å². The lowest BCUT2D eigenvalue weighted by Gasteiger charge is -2.10. The first-order chi connectivity index (χ1) is 8.49. The van der Waals surface area contributed by atoms with Crippen molar-refractivity contribution < 1.29 is 17.5 Å². The van der Waals surface area contributed by atoms with Gasteiger partial charge in [-0.05, 0) is 25.1 Å². The number of hydrogen-bond acceptors (Lipinski definition) is 6. The van der Waals surface area contributed by atoms with E-state index < -0.39 is 15.0 Å². The van der Waals surface area contributed by atoms with Crippen LogP contribution in [-0.4, -0.2) is 32.5 Å². The van der Waals surface area contributed by atoms with Crippen molar-refractivity contribution in [3.05, 3.63) is 34.4 Å². The Labute approximate surface area is 104 Å². The van der Waals surface area contributed by atoms with Crippen molar-refractivity contribution in [3.63, 3.8) is 0 Å². The van der Waals surface area contributed by atoms with Gasteiger partial charge in [0, 0.05) is 18.7 Å². The second kappa shape index (κ2) is 5.01. The predicted octanol–water partition coefficient (Wildman–Crippen LogP) is 0.662. The number of nitro benzene ring substituents is 1. The molecule has 7 nitrogen and oxygen atoms in total. The summed E-state index contributed by atoms with van der Waals surface area (Å²) in [7, 11) is -3.85. The molecule has 1 heterocycles. The van der Waals surface area contributed by atoms with Crippen LogP contribution in [0.15, 0.2) is 29.2 Å². The van der Waals surface area contributed by atoms with Gasteiger partial charge in [-0.2, -0.15) is 8.42 Å². The van der Waals surface area contributed by atoms with E-state index in [2.05, 4.69) is 5.32 Å². The highest BCUT2D eigenvalue weighted by Crippen LogP contribution is 2.20. The van der Waals surface area contributed by atoms with Crippen LogP contribution in [0, 0.1) is 10.1 Å². The van der Waals surface area contributed by atoms with Gasteiger partial charge in [0.25, 0.3) is 15.8 Å². The largest absolute Gasteiger partial charge is 0.314 e. The molecule has 1 aliphatic heterocycles. The van der Waals surface area contributed by atoms with Crippen LogP contribution in [0.1, 0.15) is 6.42 Å². The highest BCUT2D eigenvalue weighted by Gasteiger charge is 2.24. The van der Waals surface area contributed by atoms with E-state index in [1.54, 1.807) is 0 Å². The summed E-state index contributed by atoms with van der Waals surface area (Å²) in [6.45, 7) is 1.21. The summed E-state index contributed by atoms with van der Waals surface area (Å²) in [5.74, 6) is 0. The smallest absolute Gasteiger partial charge is 0.297 e. The Morgan fingerprint density at radius 3 is 2.50 bits per heavy atom. The van der Waals surface area contributed by atoms with E-state index in [0.29, 0.717) is 13.0 Å². The van der Waals surface area contributed by atoms with E-state index in [1.807, 2.05) is 0 Å². The van der Waals surface area contributed by atoms with Gasteiger partial charge in [0.1, 0.15) is 0 Å². The van der Waals surface area contributed by atoms with Crippen LogP contribution in [0.3, 0.4) is 0 Å². The van der Waals surface area contributed by atoms with Gasteiger partial charge in [0.2, 0.25) is 0 Å². The zero-order chi connectivity index (χ0) is 13.2. The van der Waals surface area contributed by atoms with Crippen molar-refractivity contribution >= 4 is 15.8 Å². The van der Waals surface area contributed by atoms with E-state index >= 15 is 0 Å². The Balaban J connectivity index is 2.16. The van der Waals surface area contributed by atoms with Crippen LogP contribution in [0.2, 0.25) is 0 Å². The molecule has 1 atom stereocenters. The molecule has 0 saturated carbocycles. The second-order valence-corrected chi connectivity index (χ2v) is 5.49. The topological polar surface area (TPSA) is 98.5 Å². The number of nitrogens with zero attached hydrogens (tertiary/aromatic N) is 1. The van der Waals surface area contributed by atoms with E-state index in [0.717, 1.165) is 18.7 Å². The fraction of sp³-hybridized carbons (Fsp3) is 0.400. The zero-order valence-electron chi connectivity index (χ0n) is 9.40. The summed E-state index contributed by atoms with van der Waals surface area (Å²) in [4.78, 5) is 9.80.